The SMILES string of the molecule is CON(Cc1ccccc1)c1ncnc(C)n1. The van der Waals surface area contributed by atoms with Crippen LogP contribution in [0.1, 0.15) is 11.4 Å². The molecule has 0 N–H and O–H groups in total. The fraction of sp³-hybridized carbons (Fsp3) is 0.250. The van der Waals surface area contributed by atoms with Crippen molar-refractivity contribution >= 4 is 5.95 Å². The van der Waals surface area contributed by atoms with Crippen LogP contribution in [0.15, 0.2) is 36.7 Å². The highest BCUT2D eigenvalue weighted by Crippen LogP contribution is 2.11. The van der Waals surface area contributed by atoms with Crippen LogP contribution in [-0.4, -0.2) is 22.1 Å². The number of nitrogens with zero attached hydrogens (tertiary/aromatic N) is 4. The van der Waals surface area contributed by atoms with Gasteiger partial charge < -0.3 is 0 Å². The van der Waals surface area contributed by atoms with Crippen molar-refractivity contribution in [3.63, 3.8) is 0 Å². The van der Waals surface area contributed by atoms with E-state index in [1.165, 1.54) is 6.33 Å². The average Bonchev–Trinajstić information content (AvgIpc) is 2.37. The molecule has 0 saturated heterocycles. The molecule has 0 bridgehead atoms. The molecule has 0 saturated carbocycles. The van der Waals surface area contributed by atoms with Crippen molar-refractivity contribution in [3.05, 3.63) is 48.0 Å². The highest BCUT2D eigenvalue weighted by Gasteiger charge is 2.09. The third-order valence-corrected chi connectivity index (χ3v) is 2.29. The van der Waals surface area contributed by atoms with Crippen LogP contribution in [0.5, 0.6) is 0 Å². The molecular formula is C12H14N4O. The summed E-state index contributed by atoms with van der Waals surface area (Å²) >= 11 is 0. The van der Waals surface area contributed by atoms with Crippen molar-refractivity contribution in [3.8, 4) is 0 Å². The van der Waals surface area contributed by atoms with Crippen LogP contribution in [0.25, 0.3) is 0 Å². The summed E-state index contributed by atoms with van der Waals surface area (Å²) in [6.07, 6.45) is 1.48. The minimum atomic E-state index is 0.517. The van der Waals surface area contributed by atoms with Crippen LogP contribution in [0.4, 0.5) is 5.95 Å². The van der Waals surface area contributed by atoms with Gasteiger partial charge in [0.15, 0.2) is 0 Å². The van der Waals surface area contributed by atoms with Crippen molar-refractivity contribution in [1.29, 1.82) is 0 Å². The fourth-order valence-electron chi connectivity index (χ4n) is 1.45. The molecule has 2 rings (SSSR count). The average molecular weight is 230 g/mol. The van der Waals surface area contributed by atoms with Crippen molar-refractivity contribution in [1.82, 2.24) is 15.0 Å². The van der Waals surface area contributed by atoms with Crippen molar-refractivity contribution in [2.75, 3.05) is 12.2 Å². The van der Waals surface area contributed by atoms with Crippen LogP contribution < -0.4 is 5.06 Å². The lowest BCUT2D eigenvalue weighted by Gasteiger charge is -2.19. The first-order chi connectivity index (χ1) is 8.29. The second-order valence-electron chi connectivity index (χ2n) is 3.54. The predicted octanol–water partition coefficient (Wildman–Crippen LogP) is 1.75. The maximum absolute atomic E-state index is 5.28. The van der Waals surface area contributed by atoms with Crippen molar-refractivity contribution < 1.29 is 4.84 Å². The van der Waals surface area contributed by atoms with E-state index >= 15 is 0 Å². The van der Waals surface area contributed by atoms with Crippen LogP contribution in [0.3, 0.4) is 0 Å². The summed E-state index contributed by atoms with van der Waals surface area (Å²) in [4.78, 5) is 17.5. The van der Waals surface area contributed by atoms with Crippen LogP contribution in [-0.2, 0) is 11.4 Å². The molecule has 0 unspecified atom stereocenters. The molecule has 0 spiro atoms. The smallest absolute Gasteiger partial charge is 0.253 e. The van der Waals surface area contributed by atoms with E-state index < -0.39 is 0 Å². The highest BCUT2D eigenvalue weighted by molar-refractivity contribution is 5.27. The Morgan fingerprint density at radius 3 is 2.59 bits per heavy atom. The summed E-state index contributed by atoms with van der Waals surface area (Å²) in [5.74, 6) is 1.19. The molecule has 0 aliphatic carbocycles. The number of aromatic nitrogens is 3. The lowest BCUT2D eigenvalue weighted by Crippen LogP contribution is -2.23. The molecule has 2 aromatic rings. The Hall–Kier alpha value is -2.01. The first-order valence-corrected chi connectivity index (χ1v) is 5.31. The predicted molar refractivity (Wildman–Crippen MR) is 64.2 cm³/mol. The number of aryl methyl sites for hydroxylation is 1. The number of anilines is 1. The molecule has 0 fully saturated rings. The van der Waals surface area contributed by atoms with E-state index in [2.05, 4.69) is 15.0 Å². The largest absolute Gasteiger partial charge is 0.274 e. The molecule has 17 heavy (non-hydrogen) atoms. The third kappa shape index (κ3) is 2.98. The molecule has 0 amide bonds. The second-order valence-corrected chi connectivity index (χ2v) is 3.54. The summed E-state index contributed by atoms with van der Waals surface area (Å²) in [5.41, 5.74) is 1.13. The first kappa shape index (κ1) is 11.5. The van der Waals surface area contributed by atoms with Gasteiger partial charge in [-0.3, -0.25) is 4.84 Å². The van der Waals surface area contributed by atoms with Crippen LogP contribution in [0, 0.1) is 6.92 Å². The lowest BCUT2D eigenvalue weighted by molar-refractivity contribution is 0.158. The van der Waals surface area contributed by atoms with Gasteiger partial charge in [0.25, 0.3) is 5.95 Å². The van der Waals surface area contributed by atoms with E-state index in [9.17, 15) is 0 Å². The lowest BCUT2D eigenvalue weighted by atomic mass is 10.2. The molecule has 1 aromatic carbocycles. The van der Waals surface area contributed by atoms with Gasteiger partial charge in [0, 0.05) is 0 Å². The topological polar surface area (TPSA) is 51.1 Å². The van der Waals surface area contributed by atoms with E-state index in [1.807, 2.05) is 37.3 Å². The Bertz CT molecular complexity index is 475. The van der Waals surface area contributed by atoms with Crippen LogP contribution >= 0.6 is 0 Å². The van der Waals surface area contributed by atoms with Crippen LogP contribution in [0.2, 0.25) is 0 Å². The number of rotatable bonds is 4. The molecule has 0 aliphatic rings. The molecule has 88 valence electrons. The number of benzene rings is 1. The molecule has 0 aliphatic heterocycles. The zero-order valence-corrected chi connectivity index (χ0v) is 9.87. The zero-order chi connectivity index (χ0) is 12.1. The monoisotopic (exact) mass is 230 g/mol. The third-order valence-electron chi connectivity index (χ3n) is 2.29. The van der Waals surface area contributed by atoms with Crippen molar-refractivity contribution in [2.24, 2.45) is 0 Å². The first-order valence-electron chi connectivity index (χ1n) is 5.31. The maximum Gasteiger partial charge on any atom is 0.253 e. The summed E-state index contributed by atoms with van der Waals surface area (Å²) in [5, 5.41) is 1.63. The molecule has 5 heteroatoms. The van der Waals surface area contributed by atoms with E-state index in [-0.39, 0.29) is 0 Å². The van der Waals surface area contributed by atoms with E-state index in [0.717, 1.165) is 5.56 Å². The summed E-state index contributed by atoms with van der Waals surface area (Å²) < 4.78 is 0. The zero-order valence-electron chi connectivity index (χ0n) is 9.87. The van der Waals surface area contributed by atoms with Gasteiger partial charge in [0.2, 0.25) is 0 Å². The van der Waals surface area contributed by atoms with Gasteiger partial charge >= 0.3 is 0 Å². The molecule has 1 heterocycles. The molecule has 0 radical (unpaired) electrons. The second kappa shape index (κ2) is 5.36. The van der Waals surface area contributed by atoms with E-state index in [4.69, 9.17) is 4.84 Å². The normalized spacial score (nSPS) is 10.2. The maximum atomic E-state index is 5.28. The minimum Gasteiger partial charge on any atom is -0.274 e. The van der Waals surface area contributed by atoms with Gasteiger partial charge in [0.1, 0.15) is 12.2 Å². The number of hydrogen-bond acceptors (Lipinski definition) is 5. The van der Waals surface area contributed by atoms with Gasteiger partial charge in [-0.1, -0.05) is 30.3 Å². The Morgan fingerprint density at radius 1 is 1.18 bits per heavy atom. The van der Waals surface area contributed by atoms with Gasteiger partial charge in [-0.2, -0.15) is 9.97 Å². The Balaban J connectivity index is 2.17. The standard InChI is InChI=1S/C12H14N4O/c1-10-13-9-14-12(15-10)16(17-2)8-11-6-4-3-5-7-11/h3-7,9H,8H2,1-2H3. The highest BCUT2D eigenvalue weighted by atomic mass is 16.7. The van der Waals surface area contributed by atoms with Crippen molar-refractivity contribution in [2.45, 2.75) is 13.5 Å². The Labute approximate surface area is 100 Å². The van der Waals surface area contributed by atoms with E-state index in [1.54, 1.807) is 12.2 Å². The summed E-state index contributed by atoms with van der Waals surface area (Å²) in [6, 6.07) is 10.0. The fourth-order valence-corrected chi connectivity index (χ4v) is 1.45. The summed E-state index contributed by atoms with van der Waals surface area (Å²) in [7, 11) is 1.60. The Morgan fingerprint density at radius 2 is 1.94 bits per heavy atom. The van der Waals surface area contributed by atoms with Gasteiger partial charge in [0.05, 0.1) is 13.7 Å². The molecule has 0 atom stereocenters. The molecular weight excluding hydrogens is 216 g/mol. The number of hydroxylamine groups is 1. The minimum absolute atomic E-state index is 0.517. The summed E-state index contributed by atoms with van der Waals surface area (Å²) in [6.45, 7) is 2.42. The quantitative estimate of drug-likeness (QED) is 0.749. The van der Waals surface area contributed by atoms with Gasteiger partial charge in [-0.15, -0.1) is 0 Å². The Kier molecular flexibility index (Phi) is 3.62. The number of hydrogen-bond donors (Lipinski definition) is 0. The molecule has 5 nitrogen and oxygen atoms in total. The van der Waals surface area contributed by atoms with E-state index in [0.29, 0.717) is 18.3 Å². The molecule has 1 aromatic heterocycles. The van der Waals surface area contributed by atoms with Gasteiger partial charge in [-0.25, -0.2) is 10.0 Å². The van der Waals surface area contributed by atoms with Gasteiger partial charge in [-0.05, 0) is 12.5 Å².